The molecule has 0 aliphatic carbocycles. The topological polar surface area (TPSA) is 82.0 Å². The van der Waals surface area contributed by atoms with Gasteiger partial charge in [0.15, 0.2) is 10.9 Å². The summed E-state index contributed by atoms with van der Waals surface area (Å²) in [5.41, 5.74) is 6.06. The predicted octanol–water partition coefficient (Wildman–Crippen LogP) is 1.13. The van der Waals surface area contributed by atoms with Crippen LogP contribution in [-0.2, 0) is 19.5 Å². The number of thiocarbonyl (C=S) groups is 1. The maximum absolute atomic E-state index is 5.27. The highest BCUT2D eigenvalue weighted by Crippen LogP contribution is 2.24. The van der Waals surface area contributed by atoms with Gasteiger partial charge < -0.3 is 10.7 Å². The van der Waals surface area contributed by atoms with Crippen LogP contribution in [0.3, 0.4) is 0 Å². The lowest BCUT2D eigenvalue weighted by molar-refractivity contribution is 0.242. The van der Waals surface area contributed by atoms with Gasteiger partial charge in [-0.25, -0.2) is 5.84 Å². The zero-order chi connectivity index (χ0) is 14.7. The molecule has 1 aliphatic heterocycles. The first-order valence-corrected chi connectivity index (χ1v) is 7.27. The molecule has 1 aromatic heterocycles. The molecule has 0 saturated carbocycles. The van der Waals surface area contributed by atoms with Crippen molar-refractivity contribution in [1.82, 2.24) is 20.5 Å². The first-order valence-electron chi connectivity index (χ1n) is 6.86. The third-order valence-corrected chi connectivity index (χ3v) is 3.84. The minimum atomic E-state index is 0.371. The molecule has 2 heterocycles. The fourth-order valence-electron chi connectivity index (χ4n) is 2.60. The zero-order valence-electron chi connectivity index (χ0n) is 11.6. The van der Waals surface area contributed by atoms with E-state index in [1.807, 2.05) is 6.07 Å². The van der Waals surface area contributed by atoms with Gasteiger partial charge in [-0.2, -0.15) is 5.10 Å². The van der Waals surface area contributed by atoms with E-state index in [1.54, 1.807) is 0 Å². The standard InChI is InChI=1S/C14H18N6S/c15-17-14(21)16-13-11-6-7-20(9-12(11)18-19-13)8-10-4-2-1-3-5-10/h1-5H,6-9,15H2,(H3,16,17,18,19,21). The number of nitrogens with one attached hydrogen (secondary N) is 3. The van der Waals surface area contributed by atoms with Crippen LogP contribution in [0.2, 0.25) is 0 Å². The third kappa shape index (κ3) is 3.21. The molecule has 6 nitrogen and oxygen atoms in total. The molecule has 7 heteroatoms. The Morgan fingerprint density at radius 2 is 2.19 bits per heavy atom. The quantitative estimate of drug-likeness (QED) is 0.386. The van der Waals surface area contributed by atoms with Crippen LogP contribution in [0.25, 0.3) is 0 Å². The van der Waals surface area contributed by atoms with Crippen LogP contribution in [0.1, 0.15) is 16.8 Å². The molecule has 0 atom stereocenters. The van der Waals surface area contributed by atoms with E-state index < -0.39 is 0 Å². The summed E-state index contributed by atoms with van der Waals surface area (Å²) in [5.74, 6) is 6.04. The number of aromatic nitrogens is 2. The summed E-state index contributed by atoms with van der Waals surface area (Å²) >= 11 is 5.01. The van der Waals surface area contributed by atoms with Crippen molar-refractivity contribution in [2.75, 3.05) is 11.9 Å². The Balaban J connectivity index is 1.68. The normalized spacial score (nSPS) is 14.5. The van der Waals surface area contributed by atoms with Crippen LogP contribution in [0.15, 0.2) is 30.3 Å². The molecule has 0 unspecified atom stereocenters. The number of benzene rings is 1. The Hall–Kier alpha value is -1.96. The smallest absolute Gasteiger partial charge is 0.186 e. The molecule has 0 fully saturated rings. The summed E-state index contributed by atoms with van der Waals surface area (Å²) in [4.78, 5) is 2.40. The summed E-state index contributed by atoms with van der Waals surface area (Å²) in [6.45, 7) is 2.81. The van der Waals surface area contributed by atoms with Crippen molar-refractivity contribution in [2.24, 2.45) is 5.84 Å². The number of rotatable bonds is 3. The summed E-state index contributed by atoms with van der Waals surface area (Å²) in [5, 5.41) is 10.7. The van der Waals surface area contributed by atoms with Crippen LogP contribution in [0, 0.1) is 0 Å². The molecule has 0 amide bonds. The van der Waals surface area contributed by atoms with Crippen LogP contribution >= 0.6 is 12.2 Å². The number of nitrogens with two attached hydrogens (primary N) is 1. The highest BCUT2D eigenvalue weighted by Gasteiger charge is 2.22. The zero-order valence-corrected chi connectivity index (χ0v) is 12.4. The lowest BCUT2D eigenvalue weighted by Gasteiger charge is -2.26. The SMILES string of the molecule is NNC(=S)Nc1n[nH]c2c1CCN(Cc1ccccc1)C2. The Kier molecular flexibility index (Phi) is 4.14. The highest BCUT2D eigenvalue weighted by molar-refractivity contribution is 7.80. The van der Waals surface area contributed by atoms with Gasteiger partial charge >= 0.3 is 0 Å². The van der Waals surface area contributed by atoms with E-state index in [2.05, 4.69) is 50.1 Å². The monoisotopic (exact) mass is 302 g/mol. The number of anilines is 1. The molecule has 110 valence electrons. The molecule has 0 bridgehead atoms. The second-order valence-electron chi connectivity index (χ2n) is 5.07. The molecule has 0 spiro atoms. The van der Waals surface area contributed by atoms with Crippen LogP contribution in [-0.4, -0.2) is 26.8 Å². The number of aromatic amines is 1. The van der Waals surface area contributed by atoms with Gasteiger partial charge in [-0.1, -0.05) is 30.3 Å². The first-order chi connectivity index (χ1) is 10.3. The van der Waals surface area contributed by atoms with E-state index in [0.29, 0.717) is 5.11 Å². The van der Waals surface area contributed by atoms with Gasteiger partial charge in [0.25, 0.3) is 0 Å². The highest BCUT2D eigenvalue weighted by atomic mass is 32.1. The van der Waals surface area contributed by atoms with Gasteiger partial charge in [-0.3, -0.25) is 10.00 Å². The molecule has 2 aromatic rings. The van der Waals surface area contributed by atoms with Gasteiger partial charge in [0.2, 0.25) is 0 Å². The number of hydrogen-bond donors (Lipinski definition) is 4. The summed E-state index contributed by atoms with van der Waals surface area (Å²) < 4.78 is 0. The van der Waals surface area contributed by atoms with Crippen molar-refractivity contribution in [3.8, 4) is 0 Å². The molecule has 0 saturated heterocycles. The third-order valence-electron chi connectivity index (χ3n) is 3.62. The molecule has 0 radical (unpaired) electrons. The molecular weight excluding hydrogens is 284 g/mol. The molecule has 21 heavy (non-hydrogen) atoms. The first kappa shape index (κ1) is 14.0. The van der Waals surface area contributed by atoms with E-state index >= 15 is 0 Å². The van der Waals surface area contributed by atoms with Crippen molar-refractivity contribution in [3.05, 3.63) is 47.2 Å². The van der Waals surface area contributed by atoms with Crippen molar-refractivity contribution >= 4 is 23.1 Å². The molecule has 1 aromatic carbocycles. The molecule has 1 aliphatic rings. The minimum absolute atomic E-state index is 0.371. The van der Waals surface area contributed by atoms with E-state index in [4.69, 9.17) is 18.1 Å². The van der Waals surface area contributed by atoms with Crippen LogP contribution in [0.5, 0.6) is 0 Å². The number of hydrazine groups is 1. The van der Waals surface area contributed by atoms with E-state index in [1.165, 1.54) is 11.1 Å². The van der Waals surface area contributed by atoms with Crippen molar-refractivity contribution in [2.45, 2.75) is 19.5 Å². The summed E-state index contributed by atoms with van der Waals surface area (Å²) in [7, 11) is 0. The fraction of sp³-hybridized carbons (Fsp3) is 0.286. The number of nitrogens with zero attached hydrogens (tertiary/aromatic N) is 2. The van der Waals surface area contributed by atoms with Crippen LogP contribution in [0.4, 0.5) is 5.82 Å². The van der Waals surface area contributed by atoms with Gasteiger partial charge in [0, 0.05) is 25.2 Å². The lowest BCUT2D eigenvalue weighted by Crippen LogP contribution is -2.35. The summed E-state index contributed by atoms with van der Waals surface area (Å²) in [6, 6.07) is 10.5. The Bertz CT molecular complexity index is 624. The largest absolute Gasteiger partial charge is 0.315 e. The van der Waals surface area contributed by atoms with E-state index in [-0.39, 0.29) is 0 Å². The predicted molar refractivity (Wildman–Crippen MR) is 86.4 cm³/mol. The second-order valence-corrected chi connectivity index (χ2v) is 5.48. The van der Waals surface area contributed by atoms with Crippen molar-refractivity contribution in [3.63, 3.8) is 0 Å². The molecule has 5 N–H and O–H groups in total. The van der Waals surface area contributed by atoms with Gasteiger partial charge in [-0.15, -0.1) is 0 Å². The summed E-state index contributed by atoms with van der Waals surface area (Å²) in [6.07, 6.45) is 0.939. The van der Waals surface area contributed by atoms with Crippen molar-refractivity contribution in [1.29, 1.82) is 0 Å². The Labute approximate surface area is 128 Å². The van der Waals surface area contributed by atoms with Gasteiger partial charge in [0.1, 0.15) is 0 Å². The fourth-order valence-corrected chi connectivity index (χ4v) is 2.69. The molecular formula is C14H18N6S. The maximum atomic E-state index is 5.27. The van der Waals surface area contributed by atoms with Crippen LogP contribution < -0.4 is 16.6 Å². The number of H-pyrrole nitrogens is 1. The Morgan fingerprint density at radius 1 is 1.38 bits per heavy atom. The lowest BCUT2D eigenvalue weighted by atomic mass is 10.1. The maximum Gasteiger partial charge on any atom is 0.186 e. The average Bonchev–Trinajstić information content (AvgIpc) is 2.90. The molecule has 3 rings (SSSR count). The average molecular weight is 302 g/mol. The second kappa shape index (κ2) is 6.21. The minimum Gasteiger partial charge on any atom is -0.315 e. The number of fused-ring (bicyclic) bond motifs is 1. The van der Waals surface area contributed by atoms with E-state index in [9.17, 15) is 0 Å². The number of hydrogen-bond acceptors (Lipinski definition) is 4. The van der Waals surface area contributed by atoms with E-state index in [0.717, 1.165) is 37.6 Å². The van der Waals surface area contributed by atoms with Gasteiger partial charge in [-0.05, 0) is 24.2 Å². The van der Waals surface area contributed by atoms with Gasteiger partial charge in [0.05, 0.1) is 5.69 Å². The van der Waals surface area contributed by atoms with Crippen molar-refractivity contribution < 1.29 is 0 Å². The Morgan fingerprint density at radius 3 is 2.95 bits per heavy atom.